The van der Waals surface area contributed by atoms with E-state index in [1.807, 2.05) is 37.3 Å². The fourth-order valence-corrected chi connectivity index (χ4v) is 1.80. The number of rotatable bonds is 6. The van der Waals surface area contributed by atoms with Crippen LogP contribution in [0, 0.1) is 6.92 Å². The highest BCUT2D eigenvalue weighted by Gasteiger charge is 2.09. The zero-order valence-corrected chi connectivity index (χ0v) is 11.9. The maximum atomic E-state index is 5.96. The van der Waals surface area contributed by atoms with Gasteiger partial charge in [-0.3, -0.25) is 4.98 Å². The van der Waals surface area contributed by atoms with Crippen LogP contribution in [0.25, 0.3) is 0 Å². The maximum Gasteiger partial charge on any atom is 0.169 e. The van der Waals surface area contributed by atoms with Crippen LogP contribution in [0.3, 0.4) is 0 Å². The SMILES string of the molecule is CCCOc1ccccc1Oc1cc(C)ncc1CN. The molecule has 0 spiro atoms. The third kappa shape index (κ3) is 3.48. The van der Waals surface area contributed by atoms with E-state index in [4.69, 9.17) is 15.2 Å². The van der Waals surface area contributed by atoms with Gasteiger partial charge in [-0.15, -0.1) is 0 Å². The minimum Gasteiger partial charge on any atom is -0.490 e. The lowest BCUT2D eigenvalue weighted by molar-refractivity contribution is 0.301. The summed E-state index contributed by atoms with van der Waals surface area (Å²) in [5, 5.41) is 0. The van der Waals surface area contributed by atoms with E-state index in [9.17, 15) is 0 Å². The Kier molecular flexibility index (Phi) is 4.96. The summed E-state index contributed by atoms with van der Waals surface area (Å²) in [5.74, 6) is 2.17. The van der Waals surface area contributed by atoms with E-state index in [0.717, 1.165) is 29.2 Å². The van der Waals surface area contributed by atoms with Gasteiger partial charge < -0.3 is 15.2 Å². The number of para-hydroxylation sites is 2. The summed E-state index contributed by atoms with van der Waals surface area (Å²) in [4.78, 5) is 4.23. The summed E-state index contributed by atoms with van der Waals surface area (Å²) in [7, 11) is 0. The molecule has 2 aromatic rings. The topological polar surface area (TPSA) is 57.4 Å². The highest BCUT2D eigenvalue weighted by atomic mass is 16.5. The van der Waals surface area contributed by atoms with E-state index < -0.39 is 0 Å². The average Bonchev–Trinajstić information content (AvgIpc) is 2.47. The molecule has 0 fully saturated rings. The van der Waals surface area contributed by atoms with Crippen molar-refractivity contribution in [2.24, 2.45) is 5.73 Å². The van der Waals surface area contributed by atoms with Crippen LogP contribution in [-0.4, -0.2) is 11.6 Å². The molecule has 0 bridgehead atoms. The number of aryl methyl sites for hydroxylation is 1. The van der Waals surface area contributed by atoms with Crippen LogP contribution in [0.15, 0.2) is 36.5 Å². The Balaban J connectivity index is 2.27. The summed E-state index contributed by atoms with van der Waals surface area (Å²) >= 11 is 0. The first-order valence-corrected chi connectivity index (χ1v) is 6.80. The lowest BCUT2D eigenvalue weighted by Crippen LogP contribution is -2.02. The number of hydrogen-bond donors (Lipinski definition) is 1. The number of benzene rings is 1. The summed E-state index contributed by atoms with van der Waals surface area (Å²) < 4.78 is 11.7. The van der Waals surface area contributed by atoms with Crippen molar-refractivity contribution in [1.82, 2.24) is 4.98 Å². The first-order chi connectivity index (χ1) is 9.74. The molecule has 2 N–H and O–H groups in total. The lowest BCUT2D eigenvalue weighted by Gasteiger charge is -2.14. The predicted octanol–water partition coefficient (Wildman–Crippen LogP) is 3.43. The molecule has 0 unspecified atom stereocenters. The van der Waals surface area contributed by atoms with Crippen molar-refractivity contribution in [2.45, 2.75) is 26.8 Å². The Bertz CT molecular complexity index is 570. The van der Waals surface area contributed by atoms with Gasteiger partial charge in [0.2, 0.25) is 0 Å². The minimum atomic E-state index is 0.389. The zero-order valence-electron chi connectivity index (χ0n) is 11.9. The smallest absolute Gasteiger partial charge is 0.169 e. The van der Waals surface area contributed by atoms with Crippen LogP contribution in [0.1, 0.15) is 24.6 Å². The van der Waals surface area contributed by atoms with Crippen LogP contribution in [0.4, 0.5) is 0 Å². The van der Waals surface area contributed by atoms with Crippen LogP contribution in [0.5, 0.6) is 17.2 Å². The standard InChI is InChI=1S/C16H20N2O2/c1-3-8-19-14-6-4-5-7-15(14)20-16-9-12(2)18-11-13(16)10-17/h4-7,9,11H,3,8,10,17H2,1-2H3. The molecule has 1 heterocycles. The Labute approximate surface area is 119 Å². The quantitative estimate of drug-likeness (QED) is 0.875. The molecule has 1 aromatic heterocycles. The molecule has 0 aliphatic carbocycles. The van der Waals surface area contributed by atoms with E-state index in [1.165, 1.54) is 0 Å². The van der Waals surface area contributed by atoms with Crippen molar-refractivity contribution in [3.63, 3.8) is 0 Å². The molecule has 0 aliphatic heterocycles. The molecular weight excluding hydrogens is 252 g/mol. The van der Waals surface area contributed by atoms with E-state index in [1.54, 1.807) is 6.20 Å². The normalized spacial score (nSPS) is 10.3. The molecule has 0 aliphatic rings. The lowest BCUT2D eigenvalue weighted by atomic mass is 10.2. The largest absolute Gasteiger partial charge is 0.490 e. The Morgan fingerprint density at radius 3 is 2.60 bits per heavy atom. The van der Waals surface area contributed by atoms with Crippen LogP contribution in [0.2, 0.25) is 0 Å². The van der Waals surface area contributed by atoms with Crippen LogP contribution >= 0.6 is 0 Å². The molecule has 0 radical (unpaired) electrons. The zero-order chi connectivity index (χ0) is 14.4. The number of ether oxygens (including phenoxy) is 2. The van der Waals surface area contributed by atoms with Gasteiger partial charge in [-0.25, -0.2) is 0 Å². The third-order valence-electron chi connectivity index (χ3n) is 2.83. The highest BCUT2D eigenvalue weighted by Crippen LogP contribution is 2.33. The average molecular weight is 272 g/mol. The van der Waals surface area contributed by atoms with Crippen molar-refractivity contribution in [2.75, 3.05) is 6.61 Å². The van der Waals surface area contributed by atoms with E-state index in [-0.39, 0.29) is 0 Å². The fourth-order valence-electron chi connectivity index (χ4n) is 1.80. The number of nitrogens with two attached hydrogens (primary N) is 1. The molecule has 4 nitrogen and oxygen atoms in total. The van der Waals surface area contributed by atoms with Crippen molar-refractivity contribution < 1.29 is 9.47 Å². The van der Waals surface area contributed by atoms with Gasteiger partial charge in [-0.05, 0) is 25.5 Å². The number of pyridine rings is 1. The van der Waals surface area contributed by atoms with Gasteiger partial charge in [0.1, 0.15) is 5.75 Å². The molecular formula is C16H20N2O2. The molecule has 20 heavy (non-hydrogen) atoms. The number of hydrogen-bond acceptors (Lipinski definition) is 4. The van der Waals surface area contributed by atoms with E-state index >= 15 is 0 Å². The van der Waals surface area contributed by atoms with Gasteiger partial charge >= 0.3 is 0 Å². The molecule has 0 saturated carbocycles. The molecule has 0 amide bonds. The molecule has 2 rings (SSSR count). The number of aromatic nitrogens is 1. The summed E-state index contributed by atoms with van der Waals surface area (Å²) in [5.41, 5.74) is 7.49. The van der Waals surface area contributed by atoms with Crippen molar-refractivity contribution in [3.05, 3.63) is 47.8 Å². The maximum absolute atomic E-state index is 5.96. The van der Waals surface area contributed by atoms with Crippen molar-refractivity contribution >= 4 is 0 Å². The van der Waals surface area contributed by atoms with Crippen molar-refractivity contribution in [1.29, 1.82) is 0 Å². The first kappa shape index (κ1) is 14.3. The fraction of sp³-hybridized carbons (Fsp3) is 0.312. The Hall–Kier alpha value is -2.07. The minimum absolute atomic E-state index is 0.389. The monoisotopic (exact) mass is 272 g/mol. The molecule has 1 aromatic carbocycles. The van der Waals surface area contributed by atoms with Gasteiger partial charge in [0, 0.05) is 30.1 Å². The molecule has 0 atom stereocenters. The Morgan fingerprint density at radius 2 is 1.90 bits per heavy atom. The predicted molar refractivity (Wildman–Crippen MR) is 79.2 cm³/mol. The third-order valence-corrected chi connectivity index (χ3v) is 2.83. The molecule has 4 heteroatoms. The van der Waals surface area contributed by atoms with Gasteiger partial charge in [-0.1, -0.05) is 19.1 Å². The number of nitrogens with zero attached hydrogens (tertiary/aromatic N) is 1. The van der Waals surface area contributed by atoms with Crippen LogP contribution in [-0.2, 0) is 6.54 Å². The van der Waals surface area contributed by atoms with Gasteiger partial charge in [0.15, 0.2) is 11.5 Å². The summed E-state index contributed by atoms with van der Waals surface area (Å²) in [6.45, 7) is 5.05. The Morgan fingerprint density at radius 1 is 1.15 bits per heavy atom. The summed E-state index contributed by atoms with van der Waals surface area (Å²) in [6.07, 6.45) is 2.71. The van der Waals surface area contributed by atoms with E-state index in [2.05, 4.69) is 11.9 Å². The second-order valence-corrected chi connectivity index (χ2v) is 4.53. The first-order valence-electron chi connectivity index (χ1n) is 6.80. The van der Waals surface area contributed by atoms with Crippen molar-refractivity contribution in [3.8, 4) is 17.2 Å². The second kappa shape index (κ2) is 6.91. The molecule has 0 saturated heterocycles. The highest BCUT2D eigenvalue weighted by molar-refractivity contribution is 5.44. The van der Waals surface area contributed by atoms with Gasteiger partial charge in [-0.2, -0.15) is 0 Å². The summed E-state index contributed by atoms with van der Waals surface area (Å²) in [6, 6.07) is 9.53. The second-order valence-electron chi connectivity index (χ2n) is 4.53. The van der Waals surface area contributed by atoms with Gasteiger partial charge in [0.25, 0.3) is 0 Å². The van der Waals surface area contributed by atoms with Gasteiger partial charge in [0.05, 0.1) is 6.61 Å². The van der Waals surface area contributed by atoms with E-state index in [0.29, 0.717) is 18.9 Å². The molecule has 106 valence electrons. The van der Waals surface area contributed by atoms with Crippen LogP contribution < -0.4 is 15.2 Å².